The fraction of sp³-hybridized carbons (Fsp3) is 0.558. The number of rotatable bonds is 13. The molecule has 0 atom stereocenters. The van der Waals surface area contributed by atoms with Gasteiger partial charge in [0.05, 0.1) is 5.70 Å². The summed E-state index contributed by atoms with van der Waals surface area (Å²) in [5, 5.41) is 0. The molecule has 0 aliphatic carbocycles. The molecule has 0 unspecified atom stereocenters. The second-order valence-electron chi connectivity index (χ2n) is 13.3. The molecule has 2 nitrogen and oxygen atoms in total. The van der Waals surface area contributed by atoms with Crippen LogP contribution in [0.4, 0.5) is 4.39 Å². The third-order valence-electron chi connectivity index (χ3n) is 8.09. The first-order chi connectivity index (χ1) is 22.1. The fourth-order valence-corrected chi connectivity index (χ4v) is 4.33. The van der Waals surface area contributed by atoms with Gasteiger partial charge in [-0.05, 0) is 110 Å². The Morgan fingerprint density at radius 3 is 1.85 bits per heavy atom. The first-order valence-corrected chi connectivity index (χ1v) is 19.3. The summed E-state index contributed by atoms with van der Waals surface area (Å²) in [6.45, 7) is 31.4. The van der Waals surface area contributed by atoms with E-state index in [-0.39, 0.29) is 12.1 Å². The molecule has 0 aromatic heterocycles. The second kappa shape index (κ2) is 26.4. The Labute approximate surface area is 295 Å². The number of unbranched alkanes of at least 4 members (excludes halogenated alkanes) is 1. The lowest BCUT2D eigenvalue weighted by Crippen LogP contribution is -2.09. The molecule has 0 fully saturated rings. The summed E-state index contributed by atoms with van der Waals surface area (Å²) >= 11 is 1.75. The zero-order valence-electron chi connectivity index (χ0n) is 32.8. The summed E-state index contributed by atoms with van der Waals surface area (Å²) in [4.78, 5) is 4.75. The smallest absolute Gasteiger partial charge is 0.115 e. The van der Waals surface area contributed by atoms with E-state index in [0.29, 0.717) is 0 Å². The van der Waals surface area contributed by atoms with Crippen molar-refractivity contribution in [1.82, 2.24) is 0 Å². The van der Waals surface area contributed by atoms with Crippen LogP contribution in [0.2, 0.25) is 0 Å². The molecule has 0 bridgehead atoms. The molecule has 2 aromatic rings. The molecule has 2 N–H and O–H groups in total. The SMILES string of the molecule is C=C(CCc1ccc(C)c(CF)c1)C(C)(C)C.C=C(N=C(C)/C(C)=C(\N)CCC)c1cc(CC)ccc1CCC.CCCC.CSC. The van der Waals surface area contributed by atoms with Gasteiger partial charge in [0.1, 0.15) is 6.67 Å². The van der Waals surface area contributed by atoms with Gasteiger partial charge in [-0.25, -0.2) is 4.39 Å². The van der Waals surface area contributed by atoms with Gasteiger partial charge < -0.3 is 5.73 Å². The van der Waals surface area contributed by atoms with Crippen LogP contribution >= 0.6 is 11.8 Å². The average molecular weight is 667 g/mol. The first-order valence-electron chi connectivity index (χ1n) is 17.7. The molecule has 0 aliphatic rings. The number of nitrogens with zero attached hydrogens (tertiary/aromatic N) is 1. The molecule has 47 heavy (non-hydrogen) atoms. The molecule has 2 rings (SSSR count). The summed E-state index contributed by atoms with van der Waals surface area (Å²) in [5.41, 5.74) is 18.2. The van der Waals surface area contributed by atoms with Gasteiger partial charge in [0, 0.05) is 17.0 Å². The number of nitrogens with two attached hydrogens (primary N) is 1. The minimum Gasteiger partial charge on any atom is -0.402 e. The minimum atomic E-state index is -0.375. The van der Waals surface area contributed by atoms with Crippen LogP contribution in [0.15, 0.2) is 71.4 Å². The van der Waals surface area contributed by atoms with Crippen LogP contribution in [-0.4, -0.2) is 18.2 Å². The first kappa shape index (κ1) is 46.5. The Bertz CT molecular complexity index is 1240. The van der Waals surface area contributed by atoms with Crippen molar-refractivity contribution >= 4 is 23.2 Å². The van der Waals surface area contributed by atoms with Crippen molar-refractivity contribution in [3.05, 3.63) is 99.8 Å². The number of alkyl halides is 1. The van der Waals surface area contributed by atoms with E-state index in [1.807, 2.05) is 45.4 Å². The second-order valence-corrected chi connectivity index (χ2v) is 14.1. The van der Waals surface area contributed by atoms with Crippen molar-refractivity contribution < 1.29 is 4.39 Å². The molecule has 0 spiro atoms. The molecule has 2 aromatic carbocycles. The van der Waals surface area contributed by atoms with Gasteiger partial charge in [-0.15, -0.1) is 0 Å². The Hall–Kier alpha value is -2.59. The maximum absolute atomic E-state index is 12.7. The lowest BCUT2D eigenvalue weighted by atomic mass is 9.84. The molecule has 4 heteroatoms. The topological polar surface area (TPSA) is 38.4 Å². The van der Waals surface area contributed by atoms with Crippen LogP contribution in [-0.2, 0) is 25.9 Å². The predicted octanol–water partition coefficient (Wildman–Crippen LogP) is 13.5. The molecule has 0 amide bonds. The molecule has 266 valence electrons. The Kier molecular flexibility index (Phi) is 26.1. The standard InChI is InChI=1S/C21H32N2.C16H23F.C4H10.C2H6S/c1-7-10-19-13-12-18(9-3)14-20(19)17(6)23-16(5)15(4)21(22)11-8-2;1-12-6-8-14(10-15(12)11-17)9-7-13(2)16(3,4)5;1-3-4-2;1-3-2/h12-14H,6-11,22H2,1-5H3;6,8,10H,2,7,9,11H2,1,3-5H3;3-4H2,1-2H3;1-2H3/b21-15-,23-16?;;;. The van der Waals surface area contributed by atoms with Gasteiger partial charge in [-0.1, -0.05) is 130 Å². The quantitative estimate of drug-likeness (QED) is 0.171. The zero-order chi connectivity index (χ0) is 36.6. The van der Waals surface area contributed by atoms with E-state index in [1.54, 1.807) is 11.8 Å². The summed E-state index contributed by atoms with van der Waals surface area (Å²) in [6, 6.07) is 12.7. The number of aliphatic imine (C=N–C) groups is 1. The number of halogens is 1. The number of thioether (sulfide) groups is 1. The van der Waals surface area contributed by atoms with Gasteiger partial charge >= 0.3 is 0 Å². The monoisotopic (exact) mass is 667 g/mol. The predicted molar refractivity (Wildman–Crippen MR) is 217 cm³/mol. The van der Waals surface area contributed by atoms with E-state index >= 15 is 0 Å². The van der Waals surface area contributed by atoms with E-state index in [2.05, 4.69) is 92.8 Å². The highest BCUT2D eigenvalue weighted by Gasteiger charge is 2.14. The van der Waals surface area contributed by atoms with Gasteiger partial charge in [-0.3, -0.25) is 4.99 Å². The van der Waals surface area contributed by atoms with Crippen LogP contribution in [0.5, 0.6) is 0 Å². The lowest BCUT2D eigenvalue weighted by Gasteiger charge is -2.21. The molecular weight excluding hydrogens is 596 g/mol. The highest BCUT2D eigenvalue weighted by molar-refractivity contribution is 7.97. The normalized spacial score (nSPS) is 11.6. The molecule has 0 saturated carbocycles. The summed E-state index contributed by atoms with van der Waals surface area (Å²) in [7, 11) is 0. The van der Waals surface area contributed by atoms with Gasteiger partial charge in [0.15, 0.2) is 0 Å². The third-order valence-corrected chi connectivity index (χ3v) is 8.09. The highest BCUT2D eigenvalue weighted by Crippen LogP contribution is 2.28. The number of benzene rings is 2. The van der Waals surface area contributed by atoms with Crippen molar-refractivity contribution in [3.63, 3.8) is 0 Å². The Morgan fingerprint density at radius 2 is 1.38 bits per heavy atom. The van der Waals surface area contributed by atoms with Crippen LogP contribution in [0, 0.1) is 12.3 Å². The van der Waals surface area contributed by atoms with Gasteiger partial charge in [0.2, 0.25) is 0 Å². The van der Waals surface area contributed by atoms with Gasteiger partial charge in [0.25, 0.3) is 0 Å². The van der Waals surface area contributed by atoms with Crippen molar-refractivity contribution in [3.8, 4) is 0 Å². The van der Waals surface area contributed by atoms with E-state index in [1.165, 1.54) is 40.7 Å². The molecule has 0 aliphatic heterocycles. The largest absolute Gasteiger partial charge is 0.402 e. The Balaban J connectivity index is 0. The zero-order valence-corrected chi connectivity index (χ0v) is 33.6. The van der Waals surface area contributed by atoms with Crippen molar-refractivity contribution in [2.75, 3.05) is 12.5 Å². The minimum absolute atomic E-state index is 0.160. The van der Waals surface area contributed by atoms with Crippen molar-refractivity contribution in [1.29, 1.82) is 0 Å². The number of allylic oxidation sites excluding steroid dienone is 3. The summed E-state index contributed by atoms with van der Waals surface area (Å²) in [5.74, 6) is 0. The number of hydrogen-bond donors (Lipinski definition) is 1. The van der Waals surface area contributed by atoms with Crippen molar-refractivity contribution in [2.24, 2.45) is 16.1 Å². The summed E-state index contributed by atoms with van der Waals surface area (Å²) in [6.07, 6.45) is 13.8. The molecule has 0 radical (unpaired) electrons. The summed E-state index contributed by atoms with van der Waals surface area (Å²) < 4.78 is 12.7. The van der Waals surface area contributed by atoms with Crippen LogP contribution in [0.3, 0.4) is 0 Å². The van der Waals surface area contributed by atoms with Crippen LogP contribution in [0.25, 0.3) is 5.70 Å². The van der Waals surface area contributed by atoms with E-state index in [4.69, 9.17) is 10.7 Å². The van der Waals surface area contributed by atoms with Crippen LogP contribution < -0.4 is 5.73 Å². The average Bonchev–Trinajstić information content (AvgIpc) is 3.04. The fourth-order valence-electron chi connectivity index (χ4n) is 4.33. The van der Waals surface area contributed by atoms with E-state index < -0.39 is 0 Å². The van der Waals surface area contributed by atoms with E-state index in [0.717, 1.165) is 78.8 Å². The van der Waals surface area contributed by atoms with Gasteiger partial charge in [-0.2, -0.15) is 11.8 Å². The number of hydrogen-bond acceptors (Lipinski definition) is 3. The Morgan fingerprint density at radius 1 is 0.809 bits per heavy atom. The highest BCUT2D eigenvalue weighted by atomic mass is 32.2. The maximum atomic E-state index is 12.7. The third kappa shape index (κ3) is 19.7. The number of aryl methyl sites for hydroxylation is 4. The van der Waals surface area contributed by atoms with Crippen molar-refractivity contribution in [2.45, 2.75) is 141 Å². The molecule has 0 saturated heterocycles. The van der Waals surface area contributed by atoms with E-state index in [9.17, 15) is 4.39 Å². The molecule has 0 heterocycles. The van der Waals surface area contributed by atoms with Crippen LogP contribution in [0.1, 0.15) is 141 Å². The maximum Gasteiger partial charge on any atom is 0.115 e. The lowest BCUT2D eigenvalue weighted by molar-refractivity contribution is 0.480. The molecular formula is C43H71FN2S.